The monoisotopic (exact) mass is 325 g/mol. The smallest absolute Gasteiger partial charge is 0.244 e. The first-order valence-corrected chi connectivity index (χ1v) is 8.58. The zero-order valence-electron chi connectivity index (χ0n) is 11.7. The van der Waals surface area contributed by atoms with Crippen LogP contribution in [0.4, 0.5) is 0 Å². The number of aromatic nitrogens is 2. The van der Waals surface area contributed by atoms with Gasteiger partial charge in [0.05, 0.1) is 22.8 Å². The number of sulfonamides is 1. The van der Waals surface area contributed by atoms with E-state index in [1.807, 2.05) is 24.3 Å². The highest BCUT2D eigenvalue weighted by molar-refractivity contribution is 7.89. The summed E-state index contributed by atoms with van der Waals surface area (Å²) in [5.41, 5.74) is 3.01. The molecule has 2 aromatic rings. The summed E-state index contributed by atoms with van der Waals surface area (Å²) >= 11 is 6.34. The van der Waals surface area contributed by atoms with Gasteiger partial charge in [0, 0.05) is 0 Å². The quantitative estimate of drug-likeness (QED) is 0.850. The summed E-state index contributed by atoms with van der Waals surface area (Å²) in [5, 5.41) is 6.35. The van der Waals surface area contributed by atoms with Crippen LogP contribution >= 0.6 is 11.6 Å². The number of aryl methyl sites for hydroxylation is 2. The van der Waals surface area contributed by atoms with Crippen molar-refractivity contribution in [3.63, 3.8) is 0 Å². The highest BCUT2D eigenvalue weighted by atomic mass is 35.5. The fraction of sp³-hybridized carbons (Fsp3) is 0.357. The number of hydrogen-bond donors (Lipinski definition) is 2. The van der Waals surface area contributed by atoms with E-state index in [0.29, 0.717) is 17.8 Å². The normalized spacial score (nSPS) is 21.5. The Morgan fingerprint density at radius 1 is 1.33 bits per heavy atom. The average Bonchev–Trinajstić information content (AvgIpc) is 2.91. The first-order valence-electron chi connectivity index (χ1n) is 6.66. The van der Waals surface area contributed by atoms with E-state index in [4.69, 9.17) is 11.6 Å². The summed E-state index contributed by atoms with van der Waals surface area (Å²) in [4.78, 5) is 0.204. The van der Waals surface area contributed by atoms with Crippen molar-refractivity contribution in [2.45, 2.75) is 36.6 Å². The Morgan fingerprint density at radius 3 is 2.71 bits per heavy atom. The second kappa shape index (κ2) is 5.12. The maximum Gasteiger partial charge on any atom is 0.244 e. The lowest BCUT2D eigenvalue weighted by atomic mass is 10.1. The molecule has 0 bridgehead atoms. The molecule has 2 unspecified atom stereocenters. The van der Waals surface area contributed by atoms with Gasteiger partial charge in [-0.2, -0.15) is 5.10 Å². The van der Waals surface area contributed by atoms with Crippen LogP contribution < -0.4 is 4.72 Å². The summed E-state index contributed by atoms with van der Waals surface area (Å²) in [6, 6.07) is 7.31. The minimum absolute atomic E-state index is 0.204. The van der Waals surface area contributed by atoms with Crippen molar-refractivity contribution in [1.82, 2.24) is 14.9 Å². The Morgan fingerprint density at radius 2 is 2.05 bits per heavy atom. The number of nitrogens with zero attached hydrogens (tertiary/aromatic N) is 1. The molecule has 0 saturated heterocycles. The number of alkyl halides is 1. The average molecular weight is 326 g/mol. The molecule has 112 valence electrons. The molecule has 0 saturated carbocycles. The van der Waals surface area contributed by atoms with Crippen molar-refractivity contribution in [3.05, 3.63) is 46.8 Å². The van der Waals surface area contributed by atoms with Crippen LogP contribution in [-0.2, 0) is 16.4 Å². The third-order valence-electron chi connectivity index (χ3n) is 3.78. The Hall–Kier alpha value is -1.37. The molecule has 0 spiro atoms. The fourth-order valence-electron chi connectivity index (χ4n) is 2.85. The van der Waals surface area contributed by atoms with Gasteiger partial charge in [0.1, 0.15) is 4.90 Å². The van der Waals surface area contributed by atoms with Gasteiger partial charge in [0.15, 0.2) is 0 Å². The topological polar surface area (TPSA) is 74.8 Å². The first kappa shape index (κ1) is 14.6. The third kappa shape index (κ3) is 2.47. The molecule has 2 N–H and O–H groups in total. The molecule has 1 aliphatic carbocycles. The predicted molar refractivity (Wildman–Crippen MR) is 80.9 cm³/mol. The second-order valence-electron chi connectivity index (χ2n) is 5.28. The van der Waals surface area contributed by atoms with Gasteiger partial charge in [-0.15, -0.1) is 11.6 Å². The molecule has 0 amide bonds. The molecule has 1 aliphatic rings. The largest absolute Gasteiger partial charge is 0.281 e. The number of H-pyrrole nitrogens is 1. The van der Waals surface area contributed by atoms with Crippen molar-refractivity contribution < 1.29 is 8.42 Å². The molecular weight excluding hydrogens is 310 g/mol. The summed E-state index contributed by atoms with van der Waals surface area (Å²) < 4.78 is 28.0. The molecule has 5 nitrogen and oxygen atoms in total. The number of fused-ring (bicyclic) bond motifs is 1. The molecule has 0 radical (unpaired) electrons. The van der Waals surface area contributed by atoms with Crippen LogP contribution in [0.5, 0.6) is 0 Å². The second-order valence-corrected chi connectivity index (χ2v) is 7.49. The van der Waals surface area contributed by atoms with Crippen LogP contribution in [0.25, 0.3) is 0 Å². The fourth-order valence-corrected chi connectivity index (χ4v) is 4.91. The summed E-state index contributed by atoms with van der Waals surface area (Å²) in [5.74, 6) is 0. The molecular formula is C14H16ClN3O2S. The van der Waals surface area contributed by atoms with E-state index in [1.165, 1.54) is 0 Å². The number of nitrogens with one attached hydrogen (secondary N) is 2. The maximum atomic E-state index is 12.6. The maximum absolute atomic E-state index is 12.6. The van der Waals surface area contributed by atoms with Crippen LogP contribution in [0.2, 0.25) is 0 Å². The molecule has 2 atom stereocenters. The lowest BCUT2D eigenvalue weighted by molar-refractivity contribution is 0.555. The molecule has 1 aromatic heterocycles. The summed E-state index contributed by atoms with van der Waals surface area (Å²) in [7, 11) is -3.67. The highest BCUT2D eigenvalue weighted by Crippen LogP contribution is 2.36. The van der Waals surface area contributed by atoms with Gasteiger partial charge < -0.3 is 0 Å². The van der Waals surface area contributed by atoms with E-state index in [9.17, 15) is 8.42 Å². The van der Waals surface area contributed by atoms with E-state index >= 15 is 0 Å². The SMILES string of the molecule is Cc1n[nH]c(C)c1S(=O)(=O)NC1c2ccccc2CC1Cl. The first-order chi connectivity index (χ1) is 9.90. The van der Waals surface area contributed by atoms with Gasteiger partial charge in [-0.3, -0.25) is 5.10 Å². The van der Waals surface area contributed by atoms with Crippen molar-refractivity contribution in [1.29, 1.82) is 0 Å². The van der Waals surface area contributed by atoms with Gasteiger partial charge in [0.25, 0.3) is 0 Å². The zero-order chi connectivity index (χ0) is 15.2. The summed E-state index contributed by atoms with van der Waals surface area (Å²) in [6.45, 7) is 3.36. The molecule has 7 heteroatoms. The Balaban J connectivity index is 1.97. The standard InChI is InChI=1S/C14H16ClN3O2S/c1-8-14(9(2)17-16-8)21(19,20)18-13-11-6-4-3-5-10(11)7-12(13)15/h3-6,12-13,18H,7H2,1-2H3,(H,16,17). The van der Waals surface area contributed by atoms with Gasteiger partial charge in [0.2, 0.25) is 10.0 Å². The van der Waals surface area contributed by atoms with Crippen molar-refractivity contribution in [2.75, 3.05) is 0 Å². The van der Waals surface area contributed by atoms with Crippen LogP contribution in [0.15, 0.2) is 29.2 Å². The molecule has 0 aliphatic heterocycles. The number of hydrogen-bond acceptors (Lipinski definition) is 3. The van der Waals surface area contributed by atoms with E-state index in [2.05, 4.69) is 14.9 Å². The van der Waals surface area contributed by atoms with Crippen LogP contribution in [0.3, 0.4) is 0 Å². The van der Waals surface area contributed by atoms with E-state index < -0.39 is 16.1 Å². The third-order valence-corrected chi connectivity index (χ3v) is 5.89. The molecule has 3 rings (SSSR count). The Bertz CT molecular complexity index is 766. The number of halogens is 1. The minimum Gasteiger partial charge on any atom is -0.281 e. The number of benzene rings is 1. The zero-order valence-corrected chi connectivity index (χ0v) is 13.3. The number of aromatic amines is 1. The predicted octanol–water partition coefficient (Wildman–Crippen LogP) is 2.21. The van der Waals surface area contributed by atoms with Crippen molar-refractivity contribution in [2.24, 2.45) is 0 Å². The summed E-state index contributed by atoms with van der Waals surface area (Å²) in [6.07, 6.45) is 0.661. The van der Waals surface area contributed by atoms with Gasteiger partial charge in [-0.1, -0.05) is 24.3 Å². The van der Waals surface area contributed by atoms with E-state index in [-0.39, 0.29) is 10.3 Å². The van der Waals surface area contributed by atoms with Gasteiger partial charge in [-0.05, 0) is 31.4 Å². The molecule has 0 fully saturated rings. The van der Waals surface area contributed by atoms with Crippen LogP contribution in [0, 0.1) is 13.8 Å². The van der Waals surface area contributed by atoms with E-state index in [1.54, 1.807) is 13.8 Å². The number of rotatable bonds is 3. The molecule has 1 heterocycles. The Kier molecular flexibility index (Phi) is 3.55. The Labute approximate surface area is 128 Å². The highest BCUT2D eigenvalue weighted by Gasteiger charge is 2.35. The van der Waals surface area contributed by atoms with Crippen LogP contribution in [0.1, 0.15) is 28.6 Å². The van der Waals surface area contributed by atoms with Crippen LogP contribution in [-0.4, -0.2) is 24.0 Å². The van der Waals surface area contributed by atoms with Gasteiger partial charge in [-0.25, -0.2) is 13.1 Å². The van der Waals surface area contributed by atoms with Gasteiger partial charge >= 0.3 is 0 Å². The van der Waals surface area contributed by atoms with E-state index in [0.717, 1.165) is 11.1 Å². The molecule has 1 aromatic carbocycles. The lowest BCUT2D eigenvalue weighted by Gasteiger charge is -2.17. The van der Waals surface area contributed by atoms with Crippen molar-refractivity contribution in [3.8, 4) is 0 Å². The minimum atomic E-state index is -3.67. The molecule has 21 heavy (non-hydrogen) atoms. The van der Waals surface area contributed by atoms with Crippen molar-refractivity contribution >= 4 is 21.6 Å². The lowest BCUT2D eigenvalue weighted by Crippen LogP contribution is -2.32.